The number of hydrogen-bond donors (Lipinski definition) is 2. The van der Waals surface area contributed by atoms with E-state index in [1.165, 1.54) is 6.07 Å². The van der Waals surface area contributed by atoms with Crippen molar-refractivity contribution in [2.24, 2.45) is 0 Å². The number of rotatable bonds is 7. The van der Waals surface area contributed by atoms with Gasteiger partial charge in [-0.1, -0.05) is 25.5 Å². The molecule has 0 saturated heterocycles. The Hall–Kier alpha value is -1.78. The van der Waals surface area contributed by atoms with Crippen LogP contribution in [0.5, 0.6) is 0 Å². The molecule has 3 nitrogen and oxygen atoms in total. The van der Waals surface area contributed by atoms with Gasteiger partial charge in [0.1, 0.15) is 5.82 Å². The zero-order chi connectivity index (χ0) is 15.1. The number of aliphatic hydroxyl groups is 1. The maximum Gasteiger partial charge on any atom is 0.128 e. The van der Waals surface area contributed by atoms with E-state index in [-0.39, 0.29) is 18.5 Å². The third kappa shape index (κ3) is 4.34. The normalized spacial score (nSPS) is 12.3. The SMILES string of the molecule is CCCC(NCc1ccc(F)c(CO)c1)c1ccccn1. The van der Waals surface area contributed by atoms with Gasteiger partial charge in [-0.3, -0.25) is 4.98 Å². The maximum atomic E-state index is 13.4. The van der Waals surface area contributed by atoms with E-state index < -0.39 is 0 Å². The Kier molecular flexibility index (Phi) is 5.84. The van der Waals surface area contributed by atoms with Gasteiger partial charge >= 0.3 is 0 Å². The highest BCUT2D eigenvalue weighted by atomic mass is 19.1. The molecule has 1 atom stereocenters. The van der Waals surface area contributed by atoms with Gasteiger partial charge in [0, 0.05) is 24.3 Å². The fraction of sp³-hybridized carbons (Fsp3) is 0.353. The largest absolute Gasteiger partial charge is 0.392 e. The van der Waals surface area contributed by atoms with E-state index in [9.17, 15) is 4.39 Å². The Morgan fingerprint density at radius 2 is 2.14 bits per heavy atom. The van der Waals surface area contributed by atoms with Gasteiger partial charge in [0.2, 0.25) is 0 Å². The van der Waals surface area contributed by atoms with Crippen LogP contribution in [-0.4, -0.2) is 10.1 Å². The number of nitrogens with one attached hydrogen (secondary N) is 1. The molecule has 1 unspecified atom stereocenters. The average Bonchev–Trinajstić information content (AvgIpc) is 2.53. The minimum Gasteiger partial charge on any atom is -0.392 e. The zero-order valence-corrected chi connectivity index (χ0v) is 12.2. The summed E-state index contributed by atoms with van der Waals surface area (Å²) in [5.74, 6) is -0.365. The van der Waals surface area contributed by atoms with Crippen molar-refractivity contribution in [3.8, 4) is 0 Å². The predicted molar refractivity (Wildman–Crippen MR) is 81.0 cm³/mol. The van der Waals surface area contributed by atoms with Crippen LogP contribution in [-0.2, 0) is 13.2 Å². The van der Waals surface area contributed by atoms with E-state index in [1.54, 1.807) is 18.3 Å². The van der Waals surface area contributed by atoms with Crippen molar-refractivity contribution >= 4 is 0 Å². The molecule has 21 heavy (non-hydrogen) atoms. The van der Waals surface area contributed by atoms with Gasteiger partial charge in [0.25, 0.3) is 0 Å². The van der Waals surface area contributed by atoms with E-state index in [4.69, 9.17) is 5.11 Å². The van der Waals surface area contributed by atoms with E-state index in [2.05, 4.69) is 17.2 Å². The first kappa shape index (κ1) is 15.6. The highest BCUT2D eigenvalue weighted by Gasteiger charge is 2.11. The maximum absolute atomic E-state index is 13.4. The molecule has 1 aromatic heterocycles. The van der Waals surface area contributed by atoms with Crippen LogP contribution in [0.1, 0.15) is 42.6 Å². The molecule has 1 heterocycles. The topological polar surface area (TPSA) is 45.1 Å². The Balaban J connectivity index is 2.05. The summed E-state index contributed by atoms with van der Waals surface area (Å²) in [5.41, 5.74) is 2.31. The summed E-state index contributed by atoms with van der Waals surface area (Å²) >= 11 is 0. The van der Waals surface area contributed by atoms with Gasteiger partial charge in [0.05, 0.1) is 12.3 Å². The number of halogens is 1. The third-order valence-corrected chi connectivity index (χ3v) is 3.46. The number of hydrogen-bond acceptors (Lipinski definition) is 3. The molecule has 0 aliphatic carbocycles. The molecule has 4 heteroatoms. The molecule has 0 saturated carbocycles. The second-order valence-corrected chi connectivity index (χ2v) is 5.06. The summed E-state index contributed by atoms with van der Waals surface area (Å²) in [5, 5.41) is 12.6. The summed E-state index contributed by atoms with van der Waals surface area (Å²) in [6.07, 6.45) is 3.84. The lowest BCUT2D eigenvalue weighted by Gasteiger charge is -2.18. The van der Waals surface area contributed by atoms with Crippen LogP contribution in [0.25, 0.3) is 0 Å². The highest BCUT2D eigenvalue weighted by Crippen LogP contribution is 2.17. The average molecular weight is 288 g/mol. The Morgan fingerprint density at radius 1 is 1.29 bits per heavy atom. The van der Waals surface area contributed by atoms with Gasteiger partial charge in [-0.05, 0) is 36.2 Å². The van der Waals surface area contributed by atoms with E-state index >= 15 is 0 Å². The van der Waals surface area contributed by atoms with Crippen molar-refractivity contribution < 1.29 is 9.50 Å². The lowest BCUT2D eigenvalue weighted by molar-refractivity contribution is 0.275. The first-order valence-corrected chi connectivity index (χ1v) is 7.27. The number of pyridine rings is 1. The Bertz CT molecular complexity index is 560. The molecule has 0 fully saturated rings. The van der Waals surface area contributed by atoms with Crippen molar-refractivity contribution in [2.45, 2.75) is 39.0 Å². The van der Waals surface area contributed by atoms with Gasteiger partial charge in [-0.2, -0.15) is 0 Å². The van der Waals surface area contributed by atoms with Crippen molar-refractivity contribution in [1.82, 2.24) is 10.3 Å². The summed E-state index contributed by atoms with van der Waals surface area (Å²) in [6.45, 7) is 2.48. The van der Waals surface area contributed by atoms with Gasteiger partial charge in [0.15, 0.2) is 0 Å². The second kappa shape index (κ2) is 7.86. The standard InChI is InChI=1S/C17H21FN2O/c1-2-5-16(17-6-3-4-9-19-17)20-11-13-7-8-15(18)14(10-13)12-21/h3-4,6-10,16,20-21H,2,5,11-12H2,1H3. The minimum atomic E-state index is -0.365. The van der Waals surface area contributed by atoms with E-state index in [1.807, 2.05) is 18.2 Å². The summed E-state index contributed by atoms with van der Waals surface area (Å²) in [4.78, 5) is 4.40. The molecule has 0 amide bonds. The first-order valence-electron chi connectivity index (χ1n) is 7.27. The van der Waals surface area contributed by atoms with E-state index in [0.717, 1.165) is 24.1 Å². The van der Waals surface area contributed by atoms with Gasteiger partial charge < -0.3 is 10.4 Å². The fourth-order valence-corrected chi connectivity index (χ4v) is 2.33. The monoisotopic (exact) mass is 288 g/mol. The van der Waals surface area contributed by atoms with Gasteiger partial charge in [-0.25, -0.2) is 4.39 Å². The molecular formula is C17H21FN2O. The van der Waals surface area contributed by atoms with Crippen molar-refractivity contribution in [1.29, 1.82) is 0 Å². The van der Waals surface area contributed by atoms with Crippen LogP contribution in [0.15, 0.2) is 42.6 Å². The van der Waals surface area contributed by atoms with Crippen LogP contribution in [0, 0.1) is 5.82 Å². The highest BCUT2D eigenvalue weighted by molar-refractivity contribution is 5.24. The molecule has 112 valence electrons. The third-order valence-electron chi connectivity index (χ3n) is 3.46. The molecule has 0 radical (unpaired) electrons. The Morgan fingerprint density at radius 3 is 2.81 bits per heavy atom. The van der Waals surface area contributed by atoms with Crippen molar-refractivity contribution in [2.75, 3.05) is 0 Å². The molecule has 0 aliphatic rings. The molecule has 2 rings (SSSR count). The quantitative estimate of drug-likeness (QED) is 0.821. The van der Waals surface area contributed by atoms with Crippen molar-refractivity contribution in [3.05, 3.63) is 65.2 Å². The lowest BCUT2D eigenvalue weighted by atomic mass is 10.1. The van der Waals surface area contributed by atoms with Gasteiger partial charge in [-0.15, -0.1) is 0 Å². The smallest absolute Gasteiger partial charge is 0.128 e. The van der Waals surface area contributed by atoms with Crippen LogP contribution < -0.4 is 5.32 Å². The molecular weight excluding hydrogens is 267 g/mol. The van der Waals surface area contributed by atoms with Crippen LogP contribution in [0.2, 0.25) is 0 Å². The zero-order valence-electron chi connectivity index (χ0n) is 12.2. The number of nitrogens with zero attached hydrogens (tertiary/aromatic N) is 1. The first-order chi connectivity index (χ1) is 10.2. The summed E-state index contributed by atoms with van der Waals surface area (Å²) < 4.78 is 13.4. The second-order valence-electron chi connectivity index (χ2n) is 5.06. The van der Waals surface area contributed by atoms with E-state index in [0.29, 0.717) is 12.1 Å². The lowest BCUT2D eigenvalue weighted by Crippen LogP contribution is -2.21. The number of aliphatic hydroxyl groups excluding tert-OH is 1. The van der Waals surface area contributed by atoms with Crippen LogP contribution in [0.4, 0.5) is 4.39 Å². The minimum absolute atomic E-state index is 0.179. The number of benzene rings is 1. The van der Waals surface area contributed by atoms with Crippen LogP contribution in [0.3, 0.4) is 0 Å². The molecule has 0 spiro atoms. The van der Waals surface area contributed by atoms with Crippen LogP contribution >= 0.6 is 0 Å². The molecule has 0 aliphatic heterocycles. The summed E-state index contributed by atoms with van der Waals surface area (Å²) in [6, 6.07) is 10.9. The molecule has 2 N–H and O–H groups in total. The molecule has 0 bridgehead atoms. The molecule has 2 aromatic rings. The predicted octanol–water partition coefficient (Wildman–Crippen LogP) is 3.34. The fourth-order valence-electron chi connectivity index (χ4n) is 2.33. The number of aromatic nitrogens is 1. The van der Waals surface area contributed by atoms with Crippen molar-refractivity contribution in [3.63, 3.8) is 0 Å². The summed E-state index contributed by atoms with van der Waals surface area (Å²) in [7, 11) is 0. The molecule has 1 aromatic carbocycles. The Labute approximate surface area is 124 Å².